The van der Waals surface area contributed by atoms with Crippen LogP contribution in [0.15, 0.2) is 58.5 Å². The number of ether oxygens (including phenoxy) is 1. The standard InChI is InChI=1S/C19H18N4O3S/c1-12-17(24)21-19(23-22-12)27-11-13-7-9-14(10-8-13)18(25)20-15-5-3-4-6-16(15)26-2/h3-10H,11H2,1-2H3,(H,20,25)(H,21,23,24). The lowest BCUT2D eigenvalue weighted by molar-refractivity contribution is 0.102. The van der Waals surface area contributed by atoms with Gasteiger partial charge in [-0.25, -0.2) is 0 Å². The number of rotatable bonds is 6. The maximum atomic E-state index is 12.4. The van der Waals surface area contributed by atoms with E-state index in [-0.39, 0.29) is 11.5 Å². The van der Waals surface area contributed by atoms with Gasteiger partial charge in [-0.05, 0) is 36.8 Å². The van der Waals surface area contributed by atoms with Crippen LogP contribution in [0.2, 0.25) is 0 Å². The Morgan fingerprint density at radius 1 is 1.15 bits per heavy atom. The van der Waals surface area contributed by atoms with Crippen LogP contribution >= 0.6 is 11.8 Å². The van der Waals surface area contributed by atoms with Crippen molar-refractivity contribution in [3.05, 3.63) is 75.7 Å². The van der Waals surface area contributed by atoms with E-state index in [1.165, 1.54) is 11.8 Å². The molecule has 2 aromatic carbocycles. The minimum Gasteiger partial charge on any atom is -0.495 e. The number of thioether (sulfide) groups is 1. The molecule has 1 aromatic heterocycles. The SMILES string of the molecule is COc1ccccc1NC(=O)c1ccc(CSc2nnc(C)c(=O)[nH]2)cc1. The second-order valence-electron chi connectivity index (χ2n) is 5.68. The lowest BCUT2D eigenvalue weighted by Crippen LogP contribution is -2.14. The van der Waals surface area contributed by atoms with Gasteiger partial charge in [-0.15, -0.1) is 10.2 Å². The number of hydrogen-bond acceptors (Lipinski definition) is 6. The topological polar surface area (TPSA) is 97.0 Å². The molecule has 0 fully saturated rings. The number of para-hydroxylation sites is 2. The molecule has 0 radical (unpaired) electrons. The van der Waals surface area contributed by atoms with Gasteiger partial charge in [-0.3, -0.25) is 14.6 Å². The molecule has 0 aliphatic heterocycles. The fourth-order valence-electron chi connectivity index (χ4n) is 2.29. The van der Waals surface area contributed by atoms with Crippen LogP contribution in [0.4, 0.5) is 5.69 Å². The van der Waals surface area contributed by atoms with E-state index in [1.807, 2.05) is 24.3 Å². The van der Waals surface area contributed by atoms with Crippen molar-refractivity contribution >= 4 is 23.4 Å². The summed E-state index contributed by atoms with van der Waals surface area (Å²) in [6, 6.07) is 14.5. The van der Waals surface area contributed by atoms with Gasteiger partial charge in [0, 0.05) is 11.3 Å². The Balaban J connectivity index is 1.63. The molecule has 27 heavy (non-hydrogen) atoms. The third-order valence-electron chi connectivity index (χ3n) is 3.79. The normalized spacial score (nSPS) is 10.4. The Bertz CT molecular complexity index is 1000. The second kappa shape index (κ2) is 8.50. The summed E-state index contributed by atoms with van der Waals surface area (Å²) in [6.45, 7) is 1.61. The molecule has 1 heterocycles. The highest BCUT2D eigenvalue weighted by Gasteiger charge is 2.09. The number of nitrogens with one attached hydrogen (secondary N) is 2. The first-order valence-electron chi connectivity index (χ1n) is 8.16. The van der Waals surface area contributed by atoms with Gasteiger partial charge in [0.05, 0.1) is 12.8 Å². The number of aromatic amines is 1. The Hall–Kier alpha value is -3.13. The second-order valence-corrected chi connectivity index (χ2v) is 6.65. The number of hydrogen-bond donors (Lipinski definition) is 2. The molecule has 8 heteroatoms. The highest BCUT2D eigenvalue weighted by atomic mass is 32.2. The molecule has 0 aliphatic rings. The molecule has 3 aromatic rings. The predicted molar refractivity (Wildman–Crippen MR) is 104 cm³/mol. The van der Waals surface area contributed by atoms with Crippen LogP contribution in [0.25, 0.3) is 0 Å². The number of anilines is 1. The van der Waals surface area contributed by atoms with Crippen molar-refractivity contribution in [2.24, 2.45) is 0 Å². The minimum atomic E-state index is -0.240. The van der Waals surface area contributed by atoms with Crippen LogP contribution in [0.5, 0.6) is 5.75 Å². The number of aromatic nitrogens is 3. The van der Waals surface area contributed by atoms with Gasteiger partial charge in [0.1, 0.15) is 11.4 Å². The molecule has 1 amide bonds. The largest absolute Gasteiger partial charge is 0.495 e. The molecule has 2 N–H and O–H groups in total. The van der Waals surface area contributed by atoms with Gasteiger partial charge >= 0.3 is 0 Å². The van der Waals surface area contributed by atoms with E-state index < -0.39 is 0 Å². The smallest absolute Gasteiger partial charge is 0.273 e. The summed E-state index contributed by atoms with van der Waals surface area (Å²) in [5.74, 6) is 0.988. The third-order valence-corrected chi connectivity index (χ3v) is 4.72. The van der Waals surface area contributed by atoms with Crippen LogP contribution in [0.3, 0.4) is 0 Å². The molecule has 7 nitrogen and oxygen atoms in total. The molecule has 0 bridgehead atoms. The van der Waals surface area contributed by atoms with E-state index in [4.69, 9.17) is 4.74 Å². The highest BCUT2D eigenvalue weighted by molar-refractivity contribution is 7.98. The molecule has 0 spiro atoms. The van der Waals surface area contributed by atoms with E-state index in [1.54, 1.807) is 38.3 Å². The summed E-state index contributed by atoms with van der Waals surface area (Å²) < 4.78 is 5.24. The number of methoxy groups -OCH3 is 1. The molecular weight excluding hydrogens is 364 g/mol. The van der Waals surface area contributed by atoms with Crippen LogP contribution in [-0.2, 0) is 5.75 Å². The summed E-state index contributed by atoms with van der Waals surface area (Å²) in [4.78, 5) is 26.6. The Labute approximate surface area is 160 Å². The molecule has 138 valence electrons. The summed E-state index contributed by atoms with van der Waals surface area (Å²) in [6.07, 6.45) is 0. The zero-order chi connectivity index (χ0) is 19.2. The third kappa shape index (κ3) is 4.73. The van der Waals surface area contributed by atoms with Crippen LogP contribution in [-0.4, -0.2) is 28.2 Å². The van der Waals surface area contributed by atoms with E-state index in [2.05, 4.69) is 20.5 Å². The maximum absolute atomic E-state index is 12.4. The highest BCUT2D eigenvalue weighted by Crippen LogP contribution is 2.24. The minimum absolute atomic E-state index is 0.215. The van der Waals surface area contributed by atoms with Crippen molar-refractivity contribution in [1.29, 1.82) is 0 Å². The van der Waals surface area contributed by atoms with Gasteiger partial charge in [0.15, 0.2) is 5.16 Å². The van der Waals surface area contributed by atoms with Gasteiger partial charge in [-0.1, -0.05) is 36.0 Å². The van der Waals surface area contributed by atoms with Crippen molar-refractivity contribution in [1.82, 2.24) is 15.2 Å². The molecule has 0 atom stereocenters. The number of nitrogens with zero attached hydrogens (tertiary/aromatic N) is 2. The molecular formula is C19H18N4O3S. The monoisotopic (exact) mass is 382 g/mol. The van der Waals surface area contributed by atoms with Crippen molar-refractivity contribution in [3.8, 4) is 5.75 Å². The number of carbonyl (C=O) groups is 1. The average molecular weight is 382 g/mol. The van der Waals surface area contributed by atoms with Gasteiger partial charge in [0.25, 0.3) is 11.5 Å². The first-order valence-corrected chi connectivity index (χ1v) is 9.15. The molecule has 0 unspecified atom stereocenters. The zero-order valence-electron chi connectivity index (χ0n) is 14.9. The van der Waals surface area contributed by atoms with Crippen molar-refractivity contribution in [3.63, 3.8) is 0 Å². The molecule has 3 rings (SSSR count). The van der Waals surface area contributed by atoms with Crippen LogP contribution < -0.4 is 15.6 Å². The summed E-state index contributed by atoms with van der Waals surface area (Å²) >= 11 is 1.37. The Morgan fingerprint density at radius 2 is 1.89 bits per heavy atom. The van der Waals surface area contributed by atoms with Crippen LogP contribution in [0.1, 0.15) is 21.6 Å². The molecule has 0 saturated heterocycles. The first-order chi connectivity index (χ1) is 13.1. The fraction of sp³-hybridized carbons (Fsp3) is 0.158. The van der Waals surface area contributed by atoms with E-state index in [0.29, 0.717) is 33.6 Å². The van der Waals surface area contributed by atoms with E-state index in [0.717, 1.165) is 5.56 Å². The number of amides is 1. The number of carbonyl (C=O) groups excluding carboxylic acids is 1. The summed E-state index contributed by atoms with van der Waals surface area (Å²) in [7, 11) is 1.56. The lowest BCUT2D eigenvalue weighted by atomic mass is 10.1. The number of H-pyrrole nitrogens is 1. The van der Waals surface area contributed by atoms with Gasteiger partial charge in [-0.2, -0.15) is 0 Å². The van der Waals surface area contributed by atoms with E-state index >= 15 is 0 Å². The number of benzene rings is 2. The first kappa shape index (κ1) is 18.7. The summed E-state index contributed by atoms with van der Waals surface area (Å²) in [5, 5.41) is 11.1. The fourth-order valence-corrected chi connectivity index (χ4v) is 3.05. The predicted octanol–water partition coefficient (Wildman–Crippen LogP) is 3.03. The average Bonchev–Trinajstić information content (AvgIpc) is 2.69. The Morgan fingerprint density at radius 3 is 2.59 bits per heavy atom. The van der Waals surface area contributed by atoms with Crippen molar-refractivity contribution in [2.45, 2.75) is 17.8 Å². The quantitative estimate of drug-likeness (QED) is 0.636. The van der Waals surface area contributed by atoms with Crippen molar-refractivity contribution < 1.29 is 9.53 Å². The number of aryl methyl sites for hydroxylation is 1. The van der Waals surface area contributed by atoms with Gasteiger partial charge in [0.2, 0.25) is 0 Å². The lowest BCUT2D eigenvalue weighted by Gasteiger charge is -2.10. The van der Waals surface area contributed by atoms with Crippen LogP contribution in [0, 0.1) is 6.92 Å². The van der Waals surface area contributed by atoms with E-state index in [9.17, 15) is 9.59 Å². The van der Waals surface area contributed by atoms with Gasteiger partial charge < -0.3 is 10.1 Å². The molecule has 0 aliphatic carbocycles. The Kier molecular flexibility index (Phi) is 5.87. The van der Waals surface area contributed by atoms with Crippen molar-refractivity contribution in [2.75, 3.05) is 12.4 Å². The summed E-state index contributed by atoms with van der Waals surface area (Å²) in [5.41, 5.74) is 2.25. The maximum Gasteiger partial charge on any atom is 0.273 e. The zero-order valence-corrected chi connectivity index (χ0v) is 15.7. The molecule has 0 saturated carbocycles.